The van der Waals surface area contributed by atoms with Crippen molar-refractivity contribution in [1.82, 2.24) is 14.8 Å². The zero-order valence-electron chi connectivity index (χ0n) is 17.9. The molecule has 0 N–H and O–H groups in total. The number of thioether (sulfide) groups is 1. The Bertz CT molecular complexity index is 1170. The smallest absolute Gasteiger partial charge is 0.373 e. The predicted octanol–water partition coefficient (Wildman–Crippen LogP) is 4.87. The lowest BCUT2D eigenvalue weighted by Crippen LogP contribution is -2.05. The largest absolute Gasteiger partial charge is 0.497 e. The van der Waals surface area contributed by atoms with Crippen molar-refractivity contribution in [3.05, 3.63) is 83.8 Å². The molecule has 0 atom stereocenters. The van der Waals surface area contributed by atoms with Gasteiger partial charge < -0.3 is 18.5 Å². The zero-order chi connectivity index (χ0) is 22.3. The Labute approximate surface area is 190 Å². The summed E-state index contributed by atoms with van der Waals surface area (Å²) in [5, 5.41) is 9.67. The lowest BCUT2D eigenvalue weighted by Gasteiger charge is -2.11. The summed E-state index contributed by atoms with van der Waals surface area (Å²) in [6.07, 6.45) is 0.850. The molecule has 164 valence electrons. The summed E-state index contributed by atoms with van der Waals surface area (Å²) in [6, 6.07) is 21.5. The topological polar surface area (TPSA) is 79.4 Å². The van der Waals surface area contributed by atoms with Crippen LogP contribution in [0.4, 0.5) is 0 Å². The summed E-state index contributed by atoms with van der Waals surface area (Å²) in [5.74, 6) is 2.46. The lowest BCUT2D eigenvalue weighted by molar-refractivity contribution is 0.0563. The van der Waals surface area contributed by atoms with Crippen LogP contribution in [0, 0.1) is 0 Å². The van der Waals surface area contributed by atoms with Gasteiger partial charge in [-0.15, -0.1) is 10.2 Å². The van der Waals surface area contributed by atoms with Gasteiger partial charge >= 0.3 is 5.97 Å². The first-order valence-electron chi connectivity index (χ1n) is 10.1. The second-order valence-corrected chi connectivity index (χ2v) is 7.91. The van der Waals surface area contributed by atoms with E-state index in [-0.39, 0.29) is 5.76 Å². The normalized spacial score (nSPS) is 10.8. The average Bonchev–Trinajstić information content (AvgIpc) is 3.48. The molecule has 7 nitrogen and oxygen atoms in total. The molecule has 0 saturated heterocycles. The Balaban J connectivity index is 1.56. The number of ether oxygens (including phenoxy) is 2. The third-order valence-corrected chi connectivity index (χ3v) is 5.91. The standard InChI is InChI=1S/C24H23N3O4S/c1-29-19-10-8-18(9-11-19)22-25-26-24(27(22)15-14-17-6-4-3-5-7-17)32-16-20-12-13-21(31-20)23(28)30-2/h3-13H,14-16H2,1-2H3. The van der Waals surface area contributed by atoms with Crippen LogP contribution in [0.3, 0.4) is 0 Å². The molecule has 8 heteroatoms. The third kappa shape index (κ3) is 5.03. The fraction of sp³-hybridized carbons (Fsp3) is 0.208. The van der Waals surface area contributed by atoms with E-state index in [0.717, 1.165) is 35.3 Å². The number of carbonyl (C=O) groups is 1. The summed E-state index contributed by atoms with van der Waals surface area (Å²) in [5.41, 5.74) is 2.20. The maximum absolute atomic E-state index is 11.6. The monoisotopic (exact) mass is 449 g/mol. The number of methoxy groups -OCH3 is 2. The van der Waals surface area contributed by atoms with Gasteiger partial charge in [-0.3, -0.25) is 0 Å². The second kappa shape index (κ2) is 10.2. The van der Waals surface area contributed by atoms with Gasteiger partial charge in [0.2, 0.25) is 5.76 Å². The fourth-order valence-electron chi connectivity index (χ4n) is 3.24. The minimum atomic E-state index is -0.492. The molecule has 0 aliphatic carbocycles. The van der Waals surface area contributed by atoms with Crippen LogP contribution >= 0.6 is 11.8 Å². The summed E-state index contributed by atoms with van der Waals surface area (Å²) in [4.78, 5) is 11.6. The highest BCUT2D eigenvalue weighted by Gasteiger charge is 2.17. The molecule has 0 radical (unpaired) electrons. The van der Waals surface area contributed by atoms with Crippen molar-refractivity contribution in [3.8, 4) is 17.1 Å². The van der Waals surface area contributed by atoms with Crippen LogP contribution in [0.1, 0.15) is 21.9 Å². The Morgan fingerprint density at radius 3 is 2.50 bits per heavy atom. The van der Waals surface area contributed by atoms with Crippen LogP contribution in [0.25, 0.3) is 11.4 Å². The minimum Gasteiger partial charge on any atom is -0.497 e. The van der Waals surface area contributed by atoms with Gasteiger partial charge in [0.15, 0.2) is 11.0 Å². The summed E-state index contributed by atoms with van der Waals surface area (Å²) >= 11 is 1.51. The Kier molecular flexibility index (Phi) is 6.91. The zero-order valence-corrected chi connectivity index (χ0v) is 18.7. The maximum Gasteiger partial charge on any atom is 0.373 e. The first kappa shape index (κ1) is 21.7. The van der Waals surface area contributed by atoms with E-state index in [4.69, 9.17) is 13.9 Å². The Morgan fingerprint density at radius 2 is 1.78 bits per heavy atom. The van der Waals surface area contributed by atoms with Crippen LogP contribution in [-0.2, 0) is 23.5 Å². The van der Waals surface area contributed by atoms with E-state index in [0.29, 0.717) is 11.5 Å². The van der Waals surface area contributed by atoms with E-state index < -0.39 is 5.97 Å². The number of aryl methyl sites for hydroxylation is 1. The van der Waals surface area contributed by atoms with Gasteiger partial charge in [0.05, 0.1) is 20.0 Å². The summed E-state index contributed by atoms with van der Waals surface area (Å²) in [6.45, 7) is 0.728. The van der Waals surface area contributed by atoms with Crippen molar-refractivity contribution in [2.75, 3.05) is 14.2 Å². The molecule has 0 saturated carbocycles. The molecule has 4 rings (SSSR count). The summed E-state index contributed by atoms with van der Waals surface area (Å²) < 4.78 is 17.7. The molecule has 2 aromatic heterocycles. The molecule has 0 fully saturated rings. The van der Waals surface area contributed by atoms with E-state index in [1.807, 2.05) is 42.5 Å². The quantitative estimate of drug-likeness (QED) is 0.266. The highest BCUT2D eigenvalue weighted by molar-refractivity contribution is 7.98. The van der Waals surface area contributed by atoms with Crippen molar-refractivity contribution in [3.63, 3.8) is 0 Å². The van der Waals surface area contributed by atoms with Crippen molar-refractivity contribution in [2.24, 2.45) is 0 Å². The van der Waals surface area contributed by atoms with Crippen LogP contribution in [-0.4, -0.2) is 35.0 Å². The second-order valence-electron chi connectivity index (χ2n) is 6.97. The Hall–Kier alpha value is -3.52. The highest BCUT2D eigenvalue weighted by Crippen LogP contribution is 2.28. The number of aromatic nitrogens is 3. The molecule has 2 aromatic carbocycles. The number of furan rings is 1. The van der Waals surface area contributed by atoms with Crippen LogP contribution in [0.15, 0.2) is 76.3 Å². The predicted molar refractivity (Wildman–Crippen MR) is 122 cm³/mol. The number of nitrogens with zero attached hydrogens (tertiary/aromatic N) is 3. The highest BCUT2D eigenvalue weighted by atomic mass is 32.2. The van der Waals surface area contributed by atoms with Crippen molar-refractivity contribution < 1.29 is 18.7 Å². The molecule has 0 spiro atoms. The molecular weight excluding hydrogens is 426 g/mol. The summed E-state index contributed by atoms with van der Waals surface area (Å²) in [7, 11) is 2.97. The Morgan fingerprint density at radius 1 is 1.00 bits per heavy atom. The van der Waals surface area contributed by atoms with Gasteiger partial charge in [0.25, 0.3) is 0 Å². The first-order chi connectivity index (χ1) is 15.7. The molecule has 32 heavy (non-hydrogen) atoms. The van der Waals surface area contributed by atoms with Gasteiger partial charge in [0, 0.05) is 12.1 Å². The molecule has 0 bridgehead atoms. The number of rotatable bonds is 9. The van der Waals surface area contributed by atoms with Crippen LogP contribution in [0.2, 0.25) is 0 Å². The molecular formula is C24H23N3O4S. The molecule has 0 aliphatic heterocycles. The number of hydrogen-bond acceptors (Lipinski definition) is 7. The van der Waals surface area contributed by atoms with Crippen LogP contribution in [0.5, 0.6) is 5.75 Å². The number of esters is 1. The van der Waals surface area contributed by atoms with E-state index in [2.05, 4.69) is 26.9 Å². The van der Waals surface area contributed by atoms with Gasteiger partial charge in [-0.1, -0.05) is 42.1 Å². The van der Waals surface area contributed by atoms with Crippen LogP contribution < -0.4 is 4.74 Å². The molecule has 0 unspecified atom stereocenters. The number of benzene rings is 2. The van der Waals surface area contributed by atoms with E-state index >= 15 is 0 Å². The van der Waals surface area contributed by atoms with Gasteiger partial charge in [-0.2, -0.15) is 0 Å². The van der Waals surface area contributed by atoms with E-state index in [9.17, 15) is 4.79 Å². The molecule has 0 aliphatic rings. The van der Waals surface area contributed by atoms with Gasteiger partial charge in [-0.25, -0.2) is 4.79 Å². The average molecular weight is 450 g/mol. The van der Waals surface area contributed by atoms with Crippen molar-refractivity contribution in [2.45, 2.75) is 23.9 Å². The molecule has 2 heterocycles. The number of hydrogen-bond donors (Lipinski definition) is 0. The van der Waals surface area contributed by atoms with E-state index in [1.165, 1.54) is 24.4 Å². The maximum atomic E-state index is 11.6. The number of carbonyl (C=O) groups excluding carboxylic acids is 1. The van der Waals surface area contributed by atoms with Gasteiger partial charge in [0.1, 0.15) is 11.5 Å². The van der Waals surface area contributed by atoms with Gasteiger partial charge in [-0.05, 0) is 48.4 Å². The molecule has 0 amide bonds. The third-order valence-electron chi connectivity index (χ3n) is 4.92. The SMILES string of the molecule is COC(=O)c1ccc(CSc2nnc(-c3ccc(OC)cc3)n2CCc2ccccc2)o1. The van der Waals surface area contributed by atoms with E-state index in [1.54, 1.807) is 19.2 Å². The lowest BCUT2D eigenvalue weighted by atomic mass is 10.1. The van der Waals surface area contributed by atoms with Crippen molar-refractivity contribution in [1.29, 1.82) is 0 Å². The molecule has 4 aromatic rings. The minimum absolute atomic E-state index is 0.188. The fourth-order valence-corrected chi connectivity index (χ4v) is 4.10. The first-order valence-corrected chi connectivity index (χ1v) is 11.1. The van der Waals surface area contributed by atoms with Crippen molar-refractivity contribution >= 4 is 17.7 Å².